The molecule has 2 atom stereocenters. The Kier molecular flexibility index (Phi) is 5.12. The lowest BCUT2D eigenvalue weighted by Gasteiger charge is -2.28. The van der Waals surface area contributed by atoms with Gasteiger partial charge in [0.05, 0.1) is 11.8 Å². The van der Waals surface area contributed by atoms with Gasteiger partial charge in [0, 0.05) is 26.3 Å². The number of carbonyl (C=O) groups is 1. The number of rotatable bonds is 3. The van der Waals surface area contributed by atoms with Crippen LogP contribution in [0.5, 0.6) is 0 Å². The van der Waals surface area contributed by atoms with Gasteiger partial charge in [-0.05, 0) is 72.0 Å². The average Bonchev–Trinajstić information content (AvgIpc) is 3.48. The lowest BCUT2D eigenvalue weighted by molar-refractivity contribution is 0.0684. The van der Waals surface area contributed by atoms with Gasteiger partial charge < -0.3 is 0 Å². The number of nitrogens with zero attached hydrogens (tertiary/aromatic N) is 2. The second kappa shape index (κ2) is 7.90. The number of hydrazone groups is 1. The highest BCUT2D eigenvalue weighted by Gasteiger charge is 2.44. The molecule has 2 aliphatic rings. The van der Waals surface area contributed by atoms with Crippen LogP contribution in [0.15, 0.2) is 70.0 Å². The summed E-state index contributed by atoms with van der Waals surface area (Å²) in [4.78, 5) is 15.8. The van der Waals surface area contributed by atoms with E-state index in [1.807, 2.05) is 18.2 Å². The fourth-order valence-corrected chi connectivity index (χ4v) is 5.95. The molecule has 2 aromatic heterocycles. The number of benzene rings is 1. The van der Waals surface area contributed by atoms with Crippen molar-refractivity contribution in [3.63, 3.8) is 0 Å². The smallest absolute Gasteiger partial charge is 0.267 e. The first-order valence-electron chi connectivity index (χ1n) is 9.66. The molecule has 1 amide bonds. The predicted octanol–water partition coefficient (Wildman–Crippen LogP) is 6.90. The minimum Gasteiger partial charge on any atom is -0.267 e. The molecule has 0 radical (unpaired) electrons. The molecule has 146 valence electrons. The van der Waals surface area contributed by atoms with Crippen molar-refractivity contribution in [3.8, 4) is 0 Å². The monoisotopic (exact) mass is 438 g/mol. The van der Waals surface area contributed by atoms with E-state index >= 15 is 0 Å². The van der Waals surface area contributed by atoms with Crippen molar-refractivity contribution in [1.82, 2.24) is 5.01 Å². The first kappa shape index (κ1) is 18.8. The van der Waals surface area contributed by atoms with Crippen LogP contribution in [0.3, 0.4) is 0 Å². The Hall–Kier alpha value is -2.21. The number of halogens is 1. The van der Waals surface area contributed by atoms with E-state index < -0.39 is 0 Å². The number of fused-ring (bicyclic) bond motifs is 1. The van der Waals surface area contributed by atoms with Gasteiger partial charge in [-0.3, -0.25) is 4.79 Å². The van der Waals surface area contributed by atoms with Gasteiger partial charge in [-0.2, -0.15) is 5.10 Å². The summed E-state index contributed by atoms with van der Waals surface area (Å²) in [7, 11) is 0. The zero-order chi connectivity index (χ0) is 19.8. The number of carbonyl (C=O) groups excluding carboxylic acids is 1. The van der Waals surface area contributed by atoms with E-state index in [4.69, 9.17) is 16.7 Å². The summed E-state index contributed by atoms with van der Waals surface area (Å²) in [5, 5.41) is 11.3. The zero-order valence-corrected chi connectivity index (χ0v) is 18.0. The van der Waals surface area contributed by atoms with Crippen molar-refractivity contribution in [1.29, 1.82) is 0 Å². The van der Waals surface area contributed by atoms with Gasteiger partial charge >= 0.3 is 0 Å². The molecule has 0 bridgehead atoms. The van der Waals surface area contributed by atoms with Crippen LogP contribution in [0.2, 0.25) is 5.02 Å². The molecular weight excluding hydrogens is 420 g/mol. The van der Waals surface area contributed by atoms with E-state index in [1.165, 1.54) is 15.3 Å². The van der Waals surface area contributed by atoms with Gasteiger partial charge in [-0.25, -0.2) is 5.01 Å². The molecule has 3 heterocycles. The largest absolute Gasteiger partial charge is 0.274 e. The summed E-state index contributed by atoms with van der Waals surface area (Å²) in [6, 6.07) is 15.4. The molecule has 1 saturated carbocycles. The van der Waals surface area contributed by atoms with Crippen LogP contribution in [-0.2, 0) is 0 Å². The Balaban J connectivity index is 1.57. The van der Waals surface area contributed by atoms with Crippen LogP contribution in [-0.4, -0.2) is 16.6 Å². The minimum absolute atomic E-state index is 0.0523. The van der Waals surface area contributed by atoms with E-state index in [1.54, 1.807) is 39.8 Å². The fourth-order valence-electron chi connectivity index (χ4n) is 4.20. The number of amides is 1. The third-order valence-corrected chi connectivity index (χ3v) is 7.47. The quantitative estimate of drug-likeness (QED) is 0.437. The molecule has 5 rings (SSSR count). The molecule has 0 N–H and O–H groups in total. The summed E-state index contributed by atoms with van der Waals surface area (Å²) < 4.78 is 0. The Morgan fingerprint density at radius 1 is 1.14 bits per heavy atom. The van der Waals surface area contributed by atoms with Gasteiger partial charge in [0.1, 0.15) is 0 Å². The minimum atomic E-state index is -0.0942. The summed E-state index contributed by atoms with van der Waals surface area (Å²) in [5.74, 6) is 0.139. The van der Waals surface area contributed by atoms with Crippen molar-refractivity contribution in [2.75, 3.05) is 0 Å². The van der Waals surface area contributed by atoms with E-state index in [0.29, 0.717) is 10.6 Å². The normalized spacial score (nSPS) is 22.6. The number of allylic oxidation sites excluding steroid dienone is 1. The summed E-state index contributed by atoms with van der Waals surface area (Å²) in [5.41, 5.74) is 2.90. The molecule has 3 nitrogen and oxygen atoms in total. The van der Waals surface area contributed by atoms with Crippen LogP contribution >= 0.6 is 34.3 Å². The molecule has 0 spiro atoms. The van der Waals surface area contributed by atoms with Gasteiger partial charge in [0.15, 0.2) is 0 Å². The van der Waals surface area contributed by atoms with E-state index in [2.05, 4.69) is 35.0 Å². The summed E-state index contributed by atoms with van der Waals surface area (Å²) in [6.07, 6.45) is 5.41. The van der Waals surface area contributed by atoms with Crippen LogP contribution < -0.4 is 0 Å². The van der Waals surface area contributed by atoms with Crippen LogP contribution in [0.4, 0.5) is 0 Å². The highest BCUT2D eigenvalue weighted by molar-refractivity contribution is 7.11. The molecule has 1 aromatic carbocycles. The first-order valence-corrected chi connectivity index (χ1v) is 11.8. The van der Waals surface area contributed by atoms with Crippen molar-refractivity contribution < 1.29 is 4.79 Å². The first-order chi connectivity index (χ1) is 14.2. The average molecular weight is 439 g/mol. The van der Waals surface area contributed by atoms with Crippen LogP contribution in [0.1, 0.15) is 45.4 Å². The predicted molar refractivity (Wildman–Crippen MR) is 122 cm³/mol. The molecule has 1 aliphatic carbocycles. The standard InChI is InChI=1S/C23H19ClN2OS2/c24-17-7-1-6-16(13-17)23(27)26-22(20-10-4-12-29-20)19-9-2-5-15(21(19)25-26)14-18-8-3-11-28-18/h1,3-4,6-8,10-14,19,22H,2,5,9H2/b15-14-/t19-,22-/m0/s1. The van der Waals surface area contributed by atoms with Crippen molar-refractivity contribution >= 4 is 52.0 Å². The summed E-state index contributed by atoms with van der Waals surface area (Å²) in [6.45, 7) is 0. The number of hydrogen-bond donors (Lipinski definition) is 0. The highest BCUT2D eigenvalue weighted by Crippen LogP contribution is 2.46. The molecule has 29 heavy (non-hydrogen) atoms. The zero-order valence-electron chi connectivity index (χ0n) is 15.6. The Morgan fingerprint density at radius 3 is 2.76 bits per heavy atom. The maximum Gasteiger partial charge on any atom is 0.274 e. The molecule has 6 heteroatoms. The second-order valence-corrected chi connectivity index (χ2v) is 9.68. The van der Waals surface area contributed by atoms with Gasteiger partial charge in [-0.15, -0.1) is 22.7 Å². The van der Waals surface area contributed by atoms with Crippen LogP contribution in [0.25, 0.3) is 6.08 Å². The van der Waals surface area contributed by atoms with Gasteiger partial charge in [0.2, 0.25) is 0 Å². The lowest BCUT2D eigenvalue weighted by Crippen LogP contribution is -2.31. The highest BCUT2D eigenvalue weighted by atomic mass is 35.5. The lowest BCUT2D eigenvalue weighted by atomic mass is 9.79. The number of hydrogen-bond acceptors (Lipinski definition) is 4. The molecule has 0 unspecified atom stereocenters. The molecule has 3 aromatic rings. The molecule has 0 saturated heterocycles. The molecule has 1 aliphatic heterocycles. The van der Waals surface area contributed by atoms with Crippen molar-refractivity contribution in [3.05, 3.63) is 85.2 Å². The van der Waals surface area contributed by atoms with Crippen LogP contribution in [0, 0.1) is 5.92 Å². The molecular formula is C23H19ClN2OS2. The Labute approximate surface area is 182 Å². The Morgan fingerprint density at radius 2 is 2.00 bits per heavy atom. The van der Waals surface area contributed by atoms with Crippen molar-refractivity contribution in [2.24, 2.45) is 11.0 Å². The second-order valence-electron chi connectivity index (χ2n) is 7.29. The maximum atomic E-state index is 13.4. The van der Waals surface area contributed by atoms with Crippen molar-refractivity contribution in [2.45, 2.75) is 25.3 Å². The fraction of sp³-hybridized carbons (Fsp3) is 0.217. The maximum absolute atomic E-state index is 13.4. The number of thiophene rings is 2. The SMILES string of the molecule is O=C(c1cccc(Cl)c1)N1N=C2/C(=C\c3cccs3)CCC[C@@H]2[C@H]1c1cccs1. The third-order valence-electron chi connectivity index (χ3n) is 5.48. The molecule has 1 fully saturated rings. The third kappa shape index (κ3) is 3.59. The van der Waals surface area contributed by atoms with E-state index in [0.717, 1.165) is 25.0 Å². The summed E-state index contributed by atoms with van der Waals surface area (Å²) >= 11 is 9.57. The van der Waals surface area contributed by atoms with E-state index in [9.17, 15) is 4.79 Å². The topological polar surface area (TPSA) is 32.7 Å². The van der Waals surface area contributed by atoms with E-state index in [-0.39, 0.29) is 17.9 Å². The van der Waals surface area contributed by atoms with Gasteiger partial charge in [0.25, 0.3) is 5.91 Å². The Bertz CT molecular complexity index is 1090. The van der Waals surface area contributed by atoms with Gasteiger partial charge in [-0.1, -0.05) is 29.8 Å².